The van der Waals surface area contributed by atoms with Gasteiger partial charge in [0.05, 0.1) is 12.6 Å². The summed E-state index contributed by atoms with van der Waals surface area (Å²) < 4.78 is 21.2. The zero-order valence-corrected chi connectivity index (χ0v) is 18.7. The summed E-state index contributed by atoms with van der Waals surface area (Å²) in [5, 5.41) is 12.4. The molecule has 7 nitrogen and oxygen atoms in total. The number of hydrogen-bond acceptors (Lipinski definition) is 6. The van der Waals surface area contributed by atoms with E-state index in [1.165, 1.54) is 34.0 Å². The second-order valence-electron chi connectivity index (χ2n) is 7.94. The molecule has 1 unspecified atom stereocenters. The van der Waals surface area contributed by atoms with Crippen LogP contribution in [0, 0.1) is 5.82 Å². The number of rotatable bonds is 4. The molecule has 5 rings (SSSR count). The summed E-state index contributed by atoms with van der Waals surface area (Å²) in [4.78, 5) is 27.9. The van der Waals surface area contributed by atoms with Crippen LogP contribution in [0.15, 0.2) is 64.4 Å². The third-order valence-electron chi connectivity index (χ3n) is 6.00. The number of halogens is 1. The number of nitrogens with zero attached hydrogens (tertiary/aromatic N) is 3. The summed E-state index contributed by atoms with van der Waals surface area (Å²) in [5.74, 6) is -0.709. The number of benzene rings is 2. The maximum absolute atomic E-state index is 14.5. The van der Waals surface area contributed by atoms with Crippen molar-refractivity contribution in [1.82, 2.24) is 9.58 Å². The second kappa shape index (κ2) is 8.57. The van der Waals surface area contributed by atoms with Gasteiger partial charge in [0, 0.05) is 36.6 Å². The van der Waals surface area contributed by atoms with E-state index in [9.17, 15) is 19.1 Å². The number of fused-ring (bicyclic) bond motifs is 3. The molecule has 33 heavy (non-hydrogen) atoms. The molecule has 1 N–H and O–H groups in total. The van der Waals surface area contributed by atoms with E-state index in [0.29, 0.717) is 12.4 Å². The first-order chi connectivity index (χ1) is 16.0. The molecule has 1 atom stereocenters. The minimum absolute atomic E-state index is 0.114. The number of aromatic hydroxyl groups is 1. The molecule has 0 radical (unpaired) electrons. The molecule has 0 saturated carbocycles. The van der Waals surface area contributed by atoms with Crippen LogP contribution >= 0.6 is 11.8 Å². The van der Waals surface area contributed by atoms with E-state index in [0.717, 1.165) is 21.6 Å². The fourth-order valence-electron chi connectivity index (χ4n) is 4.41. The van der Waals surface area contributed by atoms with Crippen molar-refractivity contribution in [1.29, 1.82) is 0 Å². The third-order valence-corrected chi connectivity index (χ3v) is 7.14. The molecule has 0 fully saturated rings. The van der Waals surface area contributed by atoms with Gasteiger partial charge in [-0.15, -0.1) is 11.8 Å². The van der Waals surface area contributed by atoms with Gasteiger partial charge >= 0.3 is 0 Å². The largest absolute Gasteiger partial charge is 0.502 e. The molecule has 3 heterocycles. The molecule has 3 aromatic rings. The van der Waals surface area contributed by atoms with Crippen LogP contribution in [0.25, 0.3) is 0 Å². The van der Waals surface area contributed by atoms with Crippen LogP contribution < -0.4 is 10.4 Å². The lowest BCUT2D eigenvalue weighted by Gasteiger charge is -2.44. The highest BCUT2D eigenvalue weighted by molar-refractivity contribution is 7.98. The molecule has 170 valence electrons. The number of amides is 1. The summed E-state index contributed by atoms with van der Waals surface area (Å²) in [7, 11) is 1.54. The normalized spacial score (nSPS) is 17.3. The number of methoxy groups -OCH3 is 1. The average molecular weight is 468 g/mol. The fourth-order valence-corrected chi connectivity index (χ4v) is 5.48. The SMILES string of the molecule is COCCN1CN(C2c3ccccc3CSc3ccc(F)cc32)n2ccc(=O)c(O)c2C1=O. The van der Waals surface area contributed by atoms with Gasteiger partial charge in [0.15, 0.2) is 11.4 Å². The minimum atomic E-state index is -0.633. The Labute approximate surface area is 194 Å². The van der Waals surface area contributed by atoms with Crippen LogP contribution in [0.2, 0.25) is 0 Å². The quantitative estimate of drug-likeness (QED) is 0.636. The van der Waals surface area contributed by atoms with Gasteiger partial charge in [-0.1, -0.05) is 24.3 Å². The fraction of sp³-hybridized carbons (Fsp3) is 0.250. The van der Waals surface area contributed by atoms with Gasteiger partial charge < -0.3 is 14.7 Å². The van der Waals surface area contributed by atoms with E-state index in [1.807, 2.05) is 29.3 Å². The van der Waals surface area contributed by atoms with Crippen LogP contribution in [-0.4, -0.2) is 47.5 Å². The van der Waals surface area contributed by atoms with Gasteiger partial charge in [-0.2, -0.15) is 0 Å². The molecular formula is C24H22FN3O4S. The topological polar surface area (TPSA) is 75.0 Å². The van der Waals surface area contributed by atoms with Crippen molar-refractivity contribution in [2.75, 3.05) is 31.9 Å². The lowest BCUT2D eigenvalue weighted by molar-refractivity contribution is 0.0614. The second-order valence-corrected chi connectivity index (χ2v) is 8.95. The van der Waals surface area contributed by atoms with E-state index < -0.39 is 23.1 Å². The van der Waals surface area contributed by atoms with Gasteiger partial charge in [-0.25, -0.2) is 4.39 Å². The lowest BCUT2D eigenvalue weighted by atomic mass is 9.94. The van der Waals surface area contributed by atoms with Gasteiger partial charge in [-0.05, 0) is 34.9 Å². The van der Waals surface area contributed by atoms with Crippen molar-refractivity contribution in [3.63, 3.8) is 0 Å². The Morgan fingerprint density at radius 3 is 2.79 bits per heavy atom. The number of thioether (sulfide) groups is 1. The Morgan fingerprint density at radius 2 is 1.97 bits per heavy atom. The Bertz CT molecular complexity index is 1290. The summed E-state index contributed by atoms with van der Waals surface area (Å²) in [5.41, 5.74) is 2.08. The van der Waals surface area contributed by atoms with E-state index in [4.69, 9.17) is 4.74 Å². The molecule has 1 aromatic heterocycles. The number of carbonyl (C=O) groups excluding carboxylic acids is 1. The first kappa shape index (κ1) is 21.5. The number of aromatic nitrogens is 1. The van der Waals surface area contributed by atoms with Gasteiger partial charge in [0.2, 0.25) is 5.43 Å². The zero-order valence-electron chi connectivity index (χ0n) is 17.9. The Morgan fingerprint density at radius 1 is 1.15 bits per heavy atom. The molecule has 2 aliphatic rings. The zero-order chi connectivity index (χ0) is 23.1. The minimum Gasteiger partial charge on any atom is -0.502 e. The molecule has 0 aliphatic carbocycles. The van der Waals surface area contributed by atoms with Crippen molar-refractivity contribution >= 4 is 17.7 Å². The maximum atomic E-state index is 14.5. The number of hydrogen-bond donors (Lipinski definition) is 1. The van der Waals surface area contributed by atoms with E-state index in [-0.39, 0.29) is 24.7 Å². The predicted octanol–water partition coefficient (Wildman–Crippen LogP) is 3.09. The van der Waals surface area contributed by atoms with Crippen LogP contribution in [0.1, 0.15) is 33.2 Å². The van der Waals surface area contributed by atoms with Gasteiger partial charge in [0.25, 0.3) is 5.91 Å². The van der Waals surface area contributed by atoms with E-state index >= 15 is 0 Å². The van der Waals surface area contributed by atoms with Crippen LogP contribution in [0.5, 0.6) is 5.75 Å². The Hall–Kier alpha value is -3.30. The molecular weight excluding hydrogens is 445 g/mol. The van der Waals surface area contributed by atoms with Crippen molar-refractivity contribution in [2.24, 2.45) is 0 Å². The Balaban J connectivity index is 1.75. The van der Waals surface area contributed by atoms with E-state index in [2.05, 4.69) is 0 Å². The van der Waals surface area contributed by atoms with Crippen molar-refractivity contribution in [2.45, 2.75) is 16.7 Å². The summed E-state index contributed by atoms with van der Waals surface area (Å²) in [6.45, 7) is 0.727. The molecule has 0 spiro atoms. The smallest absolute Gasteiger partial charge is 0.277 e. The molecule has 1 amide bonds. The molecule has 9 heteroatoms. The van der Waals surface area contributed by atoms with Gasteiger partial charge in [0.1, 0.15) is 12.5 Å². The predicted molar refractivity (Wildman–Crippen MR) is 123 cm³/mol. The third kappa shape index (κ3) is 3.67. The summed E-state index contributed by atoms with van der Waals surface area (Å²) in [6.07, 6.45) is 1.49. The molecule has 0 saturated heterocycles. The monoisotopic (exact) mass is 467 g/mol. The standard InChI is InChI=1S/C24H22FN3O4S/c1-32-11-10-26-14-28(27-9-8-19(29)23(30)22(27)24(26)31)21-17-5-3-2-4-15(17)13-33-20-7-6-16(25)12-18(20)21/h2-9,12,21,30H,10-11,13-14H2,1H3. The number of pyridine rings is 1. The lowest BCUT2D eigenvalue weighted by Crippen LogP contribution is -2.56. The van der Waals surface area contributed by atoms with Gasteiger partial charge in [-0.3, -0.25) is 19.3 Å². The Kier molecular flexibility index (Phi) is 5.59. The molecule has 2 aromatic carbocycles. The van der Waals surface area contributed by atoms with Crippen LogP contribution in [0.3, 0.4) is 0 Å². The van der Waals surface area contributed by atoms with Crippen LogP contribution in [-0.2, 0) is 10.5 Å². The highest BCUT2D eigenvalue weighted by Gasteiger charge is 2.38. The number of ether oxygens (including phenoxy) is 1. The summed E-state index contributed by atoms with van der Waals surface area (Å²) >= 11 is 1.63. The number of carbonyl (C=O) groups is 1. The maximum Gasteiger partial charge on any atom is 0.277 e. The van der Waals surface area contributed by atoms with Crippen molar-refractivity contribution < 1.29 is 19.0 Å². The first-order valence-corrected chi connectivity index (χ1v) is 11.5. The molecule has 0 bridgehead atoms. The average Bonchev–Trinajstić information content (AvgIpc) is 2.97. The van der Waals surface area contributed by atoms with E-state index in [1.54, 1.807) is 24.9 Å². The highest BCUT2D eigenvalue weighted by Crippen LogP contribution is 2.43. The summed E-state index contributed by atoms with van der Waals surface area (Å²) in [6, 6.07) is 13.5. The van der Waals surface area contributed by atoms with Crippen molar-refractivity contribution in [3.8, 4) is 5.75 Å². The van der Waals surface area contributed by atoms with Crippen LogP contribution in [0.4, 0.5) is 4.39 Å². The van der Waals surface area contributed by atoms with Crippen molar-refractivity contribution in [3.05, 3.63) is 93.2 Å². The first-order valence-electron chi connectivity index (χ1n) is 10.5. The molecule has 2 aliphatic heterocycles. The highest BCUT2D eigenvalue weighted by atomic mass is 32.2.